The van der Waals surface area contributed by atoms with Crippen molar-refractivity contribution >= 4 is 28.5 Å². The third kappa shape index (κ3) is 8.56. The van der Waals surface area contributed by atoms with Gasteiger partial charge in [0.25, 0.3) is 0 Å². The van der Waals surface area contributed by atoms with E-state index in [-0.39, 0.29) is 18.3 Å². The summed E-state index contributed by atoms with van der Waals surface area (Å²) in [7, 11) is 1.98. The molecule has 0 atom stereocenters. The van der Waals surface area contributed by atoms with Crippen molar-refractivity contribution in [2.24, 2.45) is 5.92 Å². The molecular formula is C29H38F2IN5O. The van der Waals surface area contributed by atoms with E-state index in [1.807, 2.05) is 38.5 Å². The van der Waals surface area contributed by atoms with Gasteiger partial charge in [-0.3, -0.25) is 0 Å². The van der Waals surface area contributed by atoms with Crippen molar-refractivity contribution in [2.75, 3.05) is 38.2 Å². The summed E-state index contributed by atoms with van der Waals surface area (Å²) < 4.78 is 35.8. The van der Waals surface area contributed by atoms with Gasteiger partial charge in [-0.2, -0.15) is 0 Å². The van der Waals surface area contributed by atoms with E-state index in [2.05, 4.69) is 61.6 Å². The minimum Gasteiger partial charge on any atom is -0.487 e. The van der Waals surface area contributed by atoms with E-state index in [9.17, 15) is 8.78 Å². The largest absolute Gasteiger partial charge is 0.487 e. The van der Waals surface area contributed by atoms with Crippen LogP contribution in [0.4, 0.5) is 14.7 Å². The Bertz CT molecular complexity index is 1130. The van der Waals surface area contributed by atoms with Gasteiger partial charge in [0.15, 0.2) is 17.4 Å². The van der Waals surface area contributed by atoms with Crippen LogP contribution in [0.1, 0.15) is 50.8 Å². The van der Waals surface area contributed by atoms with E-state index in [1.165, 1.54) is 25.0 Å². The lowest BCUT2D eigenvalue weighted by atomic mass is 9.98. The molecule has 0 spiro atoms. The topological polar surface area (TPSA) is 63.2 Å². The summed E-state index contributed by atoms with van der Waals surface area (Å²) in [5.41, 5.74) is 3.00. The summed E-state index contributed by atoms with van der Waals surface area (Å²) in [6, 6.07) is 6.27. The number of benzene rings is 1. The number of aryl methyl sites for hydroxylation is 2. The van der Waals surface area contributed by atoms with Crippen molar-refractivity contribution in [1.82, 2.24) is 20.3 Å². The highest BCUT2D eigenvalue weighted by atomic mass is 127. The zero-order valence-corrected chi connectivity index (χ0v) is 24.9. The zero-order chi connectivity index (χ0) is 27.5. The van der Waals surface area contributed by atoms with Crippen LogP contribution in [0.15, 0.2) is 36.7 Å². The second-order valence-electron chi connectivity index (χ2n) is 9.48. The van der Waals surface area contributed by atoms with Gasteiger partial charge in [-0.1, -0.05) is 20.3 Å². The first-order valence-electron chi connectivity index (χ1n) is 13.3. The summed E-state index contributed by atoms with van der Waals surface area (Å²) >= 11 is 2.11. The Balaban J connectivity index is 0.000000599. The first kappa shape index (κ1) is 30.1. The molecule has 9 heteroatoms. The number of piperidine rings is 1. The number of rotatable bonds is 9. The summed E-state index contributed by atoms with van der Waals surface area (Å²) in [6.07, 6.45) is 8.94. The van der Waals surface area contributed by atoms with Crippen LogP contribution in [0, 0.1) is 28.2 Å². The Morgan fingerprint density at radius 2 is 1.74 bits per heavy atom. The third-order valence-corrected chi connectivity index (χ3v) is 7.20. The van der Waals surface area contributed by atoms with E-state index in [0.29, 0.717) is 11.1 Å². The third-order valence-electron chi connectivity index (χ3n) is 6.60. The molecule has 206 valence electrons. The summed E-state index contributed by atoms with van der Waals surface area (Å²) in [4.78, 5) is 15.4. The number of anilines is 1. The molecule has 1 aromatic carbocycles. The number of unbranched alkanes of at least 4 members (excludes halogenated alkanes) is 1. The van der Waals surface area contributed by atoms with E-state index in [1.54, 1.807) is 0 Å². The normalized spacial score (nSPS) is 13.7. The number of halogens is 3. The Morgan fingerprint density at radius 1 is 1.08 bits per heavy atom. The molecule has 2 aromatic heterocycles. The molecule has 1 N–H and O–H groups in total. The average molecular weight is 638 g/mol. The van der Waals surface area contributed by atoms with Gasteiger partial charge in [0, 0.05) is 36.7 Å². The van der Waals surface area contributed by atoms with Crippen LogP contribution in [0.2, 0.25) is 0 Å². The van der Waals surface area contributed by atoms with Crippen molar-refractivity contribution in [3.8, 4) is 16.9 Å². The van der Waals surface area contributed by atoms with Crippen LogP contribution in [0.5, 0.6) is 5.75 Å². The molecule has 1 saturated heterocycles. The lowest BCUT2D eigenvalue weighted by Crippen LogP contribution is -2.36. The zero-order valence-electron chi connectivity index (χ0n) is 22.7. The second-order valence-corrected chi connectivity index (χ2v) is 10.6. The number of aromatic nitrogens is 3. The molecule has 0 saturated carbocycles. The number of ether oxygens (including phenoxy) is 1. The number of hydrogen-bond donors (Lipinski definition) is 1. The quantitative estimate of drug-likeness (QED) is 0.162. The maximum atomic E-state index is 14.7. The van der Waals surface area contributed by atoms with Gasteiger partial charge < -0.3 is 15.0 Å². The maximum Gasteiger partial charge on any atom is 0.225 e. The van der Waals surface area contributed by atoms with Crippen molar-refractivity contribution in [1.29, 1.82) is 0 Å². The molecule has 38 heavy (non-hydrogen) atoms. The fourth-order valence-corrected chi connectivity index (χ4v) is 4.78. The number of nitrogens with zero attached hydrogens (tertiary/aromatic N) is 4. The van der Waals surface area contributed by atoms with Gasteiger partial charge in [0.05, 0.1) is 6.61 Å². The predicted molar refractivity (Wildman–Crippen MR) is 158 cm³/mol. The highest BCUT2D eigenvalue weighted by Crippen LogP contribution is 2.31. The van der Waals surface area contributed by atoms with Crippen LogP contribution < -0.4 is 15.0 Å². The highest BCUT2D eigenvalue weighted by molar-refractivity contribution is 14.1. The minimum absolute atomic E-state index is 0.224. The number of nitrogens with one attached hydrogen (secondary N) is 1. The molecule has 6 nitrogen and oxygen atoms in total. The number of pyridine rings is 1. The standard InChI is InChI=1S/C24H25F2IN4O.C5H13N/c1-3-16-12-28-24(29-13-16)31-8-6-17(7-9-31)14-32-23-20(25)10-18(11-21(23)26)19-4-5-22(27)30-15(19)2;1-3-4-5-6-2/h4-5,10-13,17H,3,6-9,14H2,1-2H3;6H,3-5H2,1-2H3. The maximum absolute atomic E-state index is 14.7. The molecule has 1 aliphatic heterocycles. The van der Waals surface area contributed by atoms with Crippen LogP contribution >= 0.6 is 22.6 Å². The van der Waals surface area contributed by atoms with E-state index < -0.39 is 11.6 Å². The molecule has 3 aromatic rings. The molecule has 0 amide bonds. The van der Waals surface area contributed by atoms with Crippen LogP contribution in [0.3, 0.4) is 0 Å². The van der Waals surface area contributed by atoms with Crippen molar-refractivity contribution < 1.29 is 13.5 Å². The van der Waals surface area contributed by atoms with Gasteiger partial charge in [0.1, 0.15) is 3.70 Å². The van der Waals surface area contributed by atoms with Crippen LogP contribution in [-0.2, 0) is 6.42 Å². The first-order chi connectivity index (χ1) is 18.4. The van der Waals surface area contributed by atoms with Crippen LogP contribution in [0.25, 0.3) is 11.1 Å². The van der Waals surface area contributed by atoms with E-state index >= 15 is 0 Å². The molecule has 1 fully saturated rings. The monoisotopic (exact) mass is 637 g/mol. The van der Waals surface area contributed by atoms with Gasteiger partial charge in [-0.15, -0.1) is 0 Å². The molecule has 4 rings (SSSR count). The predicted octanol–water partition coefficient (Wildman–Crippen LogP) is 6.59. The van der Waals surface area contributed by atoms with Crippen LogP contribution in [-0.4, -0.2) is 48.2 Å². The fourth-order valence-electron chi connectivity index (χ4n) is 4.24. The van der Waals surface area contributed by atoms with Crippen molar-refractivity contribution in [3.05, 3.63) is 63.3 Å². The van der Waals surface area contributed by atoms with Gasteiger partial charge >= 0.3 is 0 Å². The molecule has 0 radical (unpaired) electrons. The summed E-state index contributed by atoms with van der Waals surface area (Å²) in [5, 5.41) is 3.07. The Hall–Kier alpha value is -2.40. The lowest BCUT2D eigenvalue weighted by molar-refractivity contribution is 0.207. The Kier molecular flexibility index (Phi) is 12.1. The Morgan fingerprint density at radius 3 is 2.26 bits per heavy atom. The lowest BCUT2D eigenvalue weighted by Gasteiger charge is -2.31. The molecule has 0 bridgehead atoms. The SMILES string of the molecule is CCCCNC.CCc1cnc(N2CCC(COc3c(F)cc(-c4ccc(I)nc4C)cc3F)CC2)nc1. The van der Waals surface area contributed by atoms with E-state index in [0.717, 1.165) is 59.8 Å². The molecular weight excluding hydrogens is 599 g/mol. The summed E-state index contributed by atoms with van der Waals surface area (Å²) in [6.45, 7) is 9.12. The number of hydrogen-bond acceptors (Lipinski definition) is 6. The molecule has 1 aliphatic rings. The van der Waals surface area contributed by atoms with E-state index in [4.69, 9.17) is 4.74 Å². The second kappa shape index (κ2) is 15.3. The van der Waals surface area contributed by atoms with Gasteiger partial charge in [-0.25, -0.2) is 23.7 Å². The molecule has 0 aliphatic carbocycles. The Labute approximate surface area is 238 Å². The molecule has 0 unspecified atom stereocenters. The van der Waals surface area contributed by atoms with Gasteiger partial charge in [0.2, 0.25) is 5.95 Å². The fraction of sp³-hybridized carbons (Fsp3) is 0.483. The smallest absolute Gasteiger partial charge is 0.225 e. The first-order valence-corrected chi connectivity index (χ1v) is 14.4. The van der Waals surface area contributed by atoms with Crippen molar-refractivity contribution in [3.63, 3.8) is 0 Å². The molecule has 3 heterocycles. The summed E-state index contributed by atoms with van der Waals surface area (Å²) in [5.74, 6) is -0.748. The highest BCUT2D eigenvalue weighted by Gasteiger charge is 2.23. The average Bonchev–Trinajstić information content (AvgIpc) is 2.92. The van der Waals surface area contributed by atoms with Crippen molar-refractivity contribution in [2.45, 2.75) is 52.9 Å². The minimum atomic E-state index is -0.695. The van der Waals surface area contributed by atoms with Gasteiger partial charge in [-0.05, 0) is 110 Å².